The van der Waals surface area contributed by atoms with Crippen molar-refractivity contribution in [2.75, 3.05) is 5.73 Å². The number of nitrogen functional groups attached to an aromatic ring is 1. The monoisotopic (exact) mass is 431 g/mol. The number of carbonyl (C=O) groups is 1. The molecule has 0 spiro atoms. The van der Waals surface area contributed by atoms with Crippen molar-refractivity contribution in [2.24, 2.45) is 5.73 Å². The van der Waals surface area contributed by atoms with Gasteiger partial charge in [-0.25, -0.2) is 4.68 Å². The highest BCUT2D eigenvalue weighted by Crippen LogP contribution is 2.35. The fraction of sp³-hybridized carbons (Fsp3) is 0.280. The summed E-state index contributed by atoms with van der Waals surface area (Å²) in [5.74, 6) is 2.03. The van der Waals surface area contributed by atoms with E-state index in [4.69, 9.17) is 21.3 Å². The molecule has 166 valence electrons. The molecule has 5 N–H and O–H groups in total. The standard InChI is InChI=1S/C25H29N5O2/c1-2-23(31)28-18-10-12-19(13-11-18)30-25(27)22(16-26)24(29-30)17-8-14-21(15-9-17)32-20-6-4-3-5-7-20/h2-9,14-15,18-19H,1,10-13,16,26-27H2,(H,28,31). The van der Waals surface area contributed by atoms with E-state index in [9.17, 15) is 4.79 Å². The molecule has 0 radical (unpaired) electrons. The number of aromatic nitrogens is 2. The molecule has 3 aromatic rings. The van der Waals surface area contributed by atoms with Gasteiger partial charge in [0.1, 0.15) is 17.3 Å². The van der Waals surface area contributed by atoms with Gasteiger partial charge in [-0.2, -0.15) is 5.10 Å². The number of para-hydroxylation sites is 1. The predicted molar refractivity (Wildman–Crippen MR) is 126 cm³/mol. The van der Waals surface area contributed by atoms with E-state index < -0.39 is 0 Å². The molecule has 7 heteroatoms. The van der Waals surface area contributed by atoms with Gasteiger partial charge in [-0.3, -0.25) is 4.79 Å². The number of carbonyl (C=O) groups excluding carboxylic acids is 1. The average molecular weight is 432 g/mol. The highest BCUT2D eigenvalue weighted by atomic mass is 16.5. The maximum Gasteiger partial charge on any atom is 0.243 e. The van der Waals surface area contributed by atoms with Gasteiger partial charge >= 0.3 is 0 Å². The summed E-state index contributed by atoms with van der Waals surface area (Å²) in [6.45, 7) is 3.83. The number of nitrogens with two attached hydrogens (primary N) is 2. The van der Waals surface area contributed by atoms with Crippen molar-refractivity contribution in [3.8, 4) is 22.8 Å². The van der Waals surface area contributed by atoms with Crippen molar-refractivity contribution < 1.29 is 9.53 Å². The van der Waals surface area contributed by atoms with Crippen molar-refractivity contribution in [1.82, 2.24) is 15.1 Å². The van der Waals surface area contributed by atoms with Gasteiger partial charge in [0.05, 0.1) is 11.7 Å². The normalized spacial score (nSPS) is 18.2. The molecule has 0 aliphatic heterocycles. The first-order valence-corrected chi connectivity index (χ1v) is 10.9. The Labute approximate surface area is 188 Å². The maximum absolute atomic E-state index is 11.6. The molecule has 1 amide bonds. The zero-order valence-corrected chi connectivity index (χ0v) is 18.0. The SMILES string of the molecule is C=CC(=O)NC1CCC(n2nc(-c3ccc(Oc4ccccc4)cc3)c(CN)c2N)CC1. The van der Waals surface area contributed by atoms with Gasteiger partial charge in [-0.1, -0.05) is 24.8 Å². The molecule has 1 heterocycles. The van der Waals surface area contributed by atoms with Crippen LogP contribution in [0.25, 0.3) is 11.3 Å². The average Bonchev–Trinajstić information content (AvgIpc) is 3.16. The Morgan fingerprint density at radius 3 is 2.38 bits per heavy atom. The van der Waals surface area contributed by atoms with Crippen molar-refractivity contribution >= 4 is 11.7 Å². The molecule has 0 saturated heterocycles. The second kappa shape index (κ2) is 9.70. The van der Waals surface area contributed by atoms with E-state index in [1.165, 1.54) is 6.08 Å². The third kappa shape index (κ3) is 4.68. The summed E-state index contributed by atoms with van der Waals surface area (Å²) in [5, 5.41) is 7.84. The van der Waals surface area contributed by atoms with Gasteiger partial charge in [0, 0.05) is 23.7 Å². The van der Waals surface area contributed by atoms with Gasteiger partial charge < -0.3 is 21.5 Å². The maximum atomic E-state index is 11.6. The van der Waals surface area contributed by atoms with E-state index in [0.29, 0.717) is 12.4 Å². The van der Waals surface area contributed by atoms with Crippen LogP contribution in [-0.4, -0.2) is 21.7 Å². The number of hydrogen-bond donors (Lipinski definition) is 3. The lowest BCUT2D eigenvalue weighted by Crippen LogP contribution is -2.37. The summed E-state index contributed by atoms with van der Waals surface area (Å²) >= 11 is 0. The van der Waals surface area contributed by atoms with Crippen LogP contribution in [0.1, 0.15) is 37.3 Å². The zero-order valence-electron chi connectivity index (χ0n) is 18.0. The number of nitrogens with zero attached hydrogens (tertiary/aromatic N) is 2. The highest BCUT2D eigenvalue weighted by molar-refractivity contribution is 5.87. The Kier molecular flexibility index (Phi) is 6.56. The summed E-state index contributed by atoms with van der Waals surface area (Å²) in [6, 6.07) is 17.8. The number of rotatable bonds is 7. The van der Waals surface area contributed by atoms with E-state index in [-0.39, 0.29) is 18.0 Å². The summed E-state index contributed by atoms with van der Waals surface area (Å²) in [7, 11) is 0. The van der Waals surface area contributed by atoms with Crippen LogP contribution in [0, 0.1) is 0 Å². The Bertz CT molecular complexity index is 1070. The van der Waals surface area contributed by atoms with Crippen LogP contribution in [0.4, 0.5) is 5.82 Å². The Morgan fingerprint density at radius 2 is 1.75 bits per heavy atom. The topological polar surface area (TPSA) is 108 Å². The second-order valence-corrected chi connectivity index (χ2v) is 8.02. The summed E-state index contributed by atoms with van der Waals surface area (Å²) in [6.07, 6.45) is 4.85. The fourth-order valence-corrected chi connectivity index (χ4v) is 4.22. The van der Waals surface area contributed by atoms with Crippen molar-refractivity contribution in [2.45, 2.75) is 44.3 Å². The van der Waals surface area contributed by atoms with Crippen LogP contribution < -0.4 is 21.5 Å². The van der Waals surface area contributed by atoms with Crippen molar-refractivity contribution in [1.29, 1.82) is 0 Å². The number of nitrogens with one attached hydrogen (secondary N) is 1. The van der Waals surface area contributed by atoms with Crippen molar-refractivity contribution in [3.63, 3.8) is 0 Å². The lowest BCUT2D eigenvalue weighted by Gasteiger charge is -2.29. The minimum atomic E-state index is -0.126. The first-order chi connectivity index (χ1) is 15.6. The van der Waals surface area contributed by atoms with E-state index in [1.807, 2.05) is 59.3 Å². The quantitative estimate of drug-likeness (QED) is 0.487. The molecule has 32 heavy (non-hydrogen) atoms. The van der Waals surface area contributed by atoms with E-state index in [1.54, 1.807) is 0 Å². The first-order valence-electron chi connectivity index (χ1n) is 10.9. The largest absolute Gasteiger partial charge is 0.457 e. The van der Waals surface area contributed by atoms with Crippen LogP contribution in [0.15, 0.2) is 67.3 Å². The summed E-state index contributed by atoms with van der Waals surface area (Å²) in [4.78, 5) is 11.6. The third-order valence-corrected chi connectivity index (χ3v) is 5.93. The second-order valence-electron chi connectivity index (χ2n) is 8.02. The smallest absolute Gasteiger partial charge is 0.243 e. The number of hydrogen-bond acceptors (Lipinski definition) is 5. The van der Waals surface area contributed by atoms with Gasteiger partial charge in [0.25, 0.3) is 0 Å². The summed E-state index contributed by atoms with van der Waals surface area (Å²) < 4.78 is 7.80. The summed E-state index contributed by atoms with van der Waals surface area (Å²) in [5.41, 5.74) is 15.1. The molecule has 0 atom stereocenters. The van der Waals surface area contributed by atoms with E-state index >= 15 is 0 Å². The highest BCUT2D eigenvalue weighted by Gasteiger charge is 2.27. The lowest BCUT2D eigenvalue weighted by molar-refractivity contribution is -0.117. The lowest BCUT2D eigenvalue weighted by atomic mass is 9.91. The molecular weight excluding hydrogens is 402 g/mol. The van der Waals surface area contributed by atoms with Gasteiger partial charge in [-0.05, 0) is 68.2 Å². The minimum absolute atomic E-state index is 0.126. The predicted octanol–water partition coefficient (Wildman–Crippen LogP) is 4.17. The van der Waals surface area contributed by atoms with Crippen LogP contribution in [0.2, 0.25) is 0 Å². The number of ether oxygens (including phenoxy) is 1. The molecule has 2 aromatic carbocycles. The van der Waals surface area contributed by atoms with Gasteiger partial charge in [-0.15, -0.1) is 0 Å². The molecule has 1 fully saturated rings. The van der Waals surface area contributed by atoms with Crippen molar-refractivity contribution in [3.05, 3.63) is 72.8 Å². The molecule has 1 saturated carbocycles. The van der Waals surface area contributed by atoms with Gasteiger partial charge in [0.2, 0.25) is 5.91 Å². The Hall–Kier alpha value is -3.58. The minimum Gasteiger partial charge on any atom is -0.457 e. The molecule has 7 nitrogen and oxygen atoms in total. The van der Waals surface area contributed by atoms with E-state index in [2.05, 4.69) is 11.9 Å². The molecule has 0 unspecified atom stereocenters. The van der Waals surface area contributed by atoms with Crippen LogP contribution in [0.3, 0.4) is 0 Å². The molecule has 0 bridgehead atoms. The number of anilines is 1. The van der Waals surface area contributed by atoms with Gasteiger partial charge in [0.15, 0.2) is 0 Å². The molecule has 1 aliphatic rings. The van der Waals surface area contributed by atoms with Crippen LogP contribution in [0.5, 0.6) is 11.5 Å². The molecule has 1 aliphatic carbocycles. The fourth-order valence-electron chi connectivity index (χ4n) is 4.22. The molecular formula is C25H29N5O2. The Balaban J connectivity index is 1.50. The Morgan fingerprint density at radius 1 is 1.09 bits per heavy atom. The van der Waals surface area contributed by atoms with Crippen LogP contribution >= 0.6 is 0 Å². The van der Waals surface area contributed by atoms with E-state index in [0.717, 1.165) is 54.0 Å². The first kappa shape index (κ1) is 21.6. The zero-order chi connectivity index (χ0) is 22.5. The molecule has 1 aromatic heterocycles. The third-order valence-electron chi connectivity index (χ3n) is 5.93. The molecule has 4 rings (SSSR count). The van der Waals surface area contributed by atoms with Crippen LogP contribution in [-0.2, 0) is 11.3 Å². The number of amides is 1. The number of benzene rings is 2.